The minimum absolute atomic E-state index is 0.737. The number of nitrogens with zero attached hydrogens (tertiary/aromatic N) is 5. The Morgan fingerprint density at radius 3 is 2.57 bits per heavy atom. The largest absolute Gasteiger partial charge is 0.306 e. The van der Waals surface area contributed by atoms with Crippen molar-refractivity contribution < 1.29 is 0 Å². The summed E-state index contributed by atoms with van der Waals surface area (Å²) < 4.78 is 3.78. The summed E-state index contributed by atoms with van der Waals surface area (Å²) in [5, 5.41) is 4.52. The molecule has 0 bridgehead atoms. The van der Waals surface area contributed by atoms with Crippen LogP contribution in [0.1, 0.15) is 5.56 Å². The molecule has 1 aromatic carbocycles. The zero-order chi connectivity index (χ0) is 14.2. The molecule has 0 spiro atoms. The molecule has 0 aliphatic rings. The zero-order valence-electron chi connectivity index (χ0n) is 11.5. The Balaban J connectivity index is 1.76. The van der Waals surface area contributed by atoms with Crippen molar-refractivity contribution in [3.05, 3.63) is 66.9 Å². The second-order valence-corrected chi connectivity index (χ2v) is 4.91. The van der Waals surface area contributed by atoms with E-state index in [1.165, 1.54) is 0 Å². The fraction of sp³-hybridized carbons (Fsp3) is 0.0625. The Bertz CT molecular complexity index is 888. The fourth-order valence-corrected chi connectivity index (χ4v) is 2.36. The maximum absolute atomic E-state index is 4.61. The van der Waals surface area contributed by atoms with Crippen LogP contribution in [0.3, 0.4) is 0 Å². The van der Waals surface area contributed by atoms with Gasteiger partial charge in [0.1, 0.15) is 0 Å². The van der Waals surface area contributed by atoms with Gasteiger partial charge >= 0.3 is 0 Å². The SMILES string of the molecule is Cc1cccn2nc(-c3ccc(-n4ccnc4)cc3)nc12. The molecule has 0 saturated heterocycles. The minimum Gasteiger partial charge on any atom is -0.306 e. The third kappa shape index (κ3) is 1.99. The fourth-order valence-electron chi connectivity index (χ4n) is 2.36. The van der Waals surface area contributed by atoms with E-state index in [2.05, 4.69) is 15.1 Å². The van der Waals surface area contributed by atoms with Crippen molar-refractivity contribution >= 4 is 5.65 Å². The predicted molar refractivity (Wildman–Crippen MR) is 80.3 cm³/mol. The smallest absolute Gasteiger partial charge is 0.182 e. The molecule has 0 atom stereocenters. The first-order valence-electron chi connectivity index (χ1n) is 6.72. The number of hydrogen-bond donors (Lipinski definition) is 0. The van der Waals surface area contributed by atoms with Crippen LogP contribution in [-0.4, -0.2) is 24.1 Å². The van der Waals surface area contributed by atoms with Crippen LogP contribution in [0.4, 0.5) is 0 Å². The third-order valence-corrected chi connectivity index (χ3v) is 3.49. The average molecular weight is 275 g/mol. The van der Waals surface area contributed by atoms with Gasteiger partial charge in [0.2, 0.25) is 0 Å². The monoisotopic (exact) mass is 275 g/mol. The van der Waals surface area contributed by atoms with Crippen molar-refractivity contribution in [1.82, 2.24) is 24.1 Å². The van der Waals surface area contributed by atoms with Crippen LogP contribution in [0.5, 0.6) is 0 Å². The maximum atomic E-state index is 4.61. The van der Waals surface area contributed by atoms with Crippen molar-refractivity contribution in [2.75, 3.05) is 0 Å². The molecule has 0 saturated carbocycles. The van der Waals surface area contributed by atoms with Crippen LogP contribution in [0.2, 0.25) is 0 Å². The summed E-state index contributed by atoms with van der Waals surface area (Å²) in [4.78, 5) is 8.66. The molecule has 4 rings (SSSR count). The van der Waals surface area contributed by atoms with Gasteiger partial charge in [-0.15, -0.1) is 5.10 Å². The number of hydrogen-bond acceptors (Lipinski definition) is 3. The van der Waals surface area contributed by atoms with E-state index in [1.807, 2.05) is 64.8 Å². The van der Waals surface area contributed by atoms with E-state index in [0.29, 0.717) is 0 Å². The van der Waals surface area contributed by atoms with E-state index >= 15 is 0 Å². The summed E-state index contributed by atoms with van der Waals surface area (Å²) in [6, 6.07) is 12.1. The Morgan fingerprint density at radius 2 is 1.86 bits per heavy atom. The molecule has 3 heterocycles. The number of pyridine rings is 1. The van der Waals surface area contributed by atoms with Crippen molar-refractivity contribution in [2.24, 2.45) is 0 Å². The van der Waals surface area contributed by atoms with Gasteiger partial charge in [0.25, 0.3) is 0 Å². The highest BCUT2D eigenvalue weighted by molar-refractivity contribution is 5.61. The average Bonchev–Trinajstić information content (AvgIpc) is 3.18. The molecule has 3 aromatic heterocycles. The van der Waals surface area contributed by atoms with E-state index in [-0.39, 0.29) is 0 Å². The van der Waals surface area contributed by atoms with Crippen LogP contribution in [0.15, 0.2) is 61.3 Å². The molecule has 0 aliphatic heterocycles. The highest BCUT2D eigenvalue weighted by Crippen LogP contribution is 2.19. The molecule has 0 radical (unpaired) electrons. The van der Waals surface area contributed by atoms with Crippen LogP contribution < -0.4 is 0 Å². The standard InChI is InChI=1S/C16H13N5/c1-12-3-2-9-21-16(12)18-15(19-21)13-4-6-14(7-5-13)20-10-8-17-11-20/h2-11H,1H3. The second-order valence-electron chi connectivity index (χ2n) is 4.91. The Morgan fingerprint density at radius 1 is 1.00 bits per heavy atom. The van der Waals surface area contributed by atoms with Crippen LogP contribution in [0, 0.1) is 6.92 Å². The number of rotatable bonds is 2. The molecule has 0 aliphatic carbocycles. The van der Waals surface area contributed by atoms with Gasteiger partial charge in [-0.05, 0) is 42.8 Å². The molecule has 0 unspecified atom stereocenters. The van der Waals surface area contributed by atoms with E-state index in [9.17, 15) is 0 Å². The van der Waals surface area contributed by atoms with Crippen molar-refractivity contribution in [1.29, 1.82) is 0 Å². The lowest BCUT2D eigenvalue weighted by molar-refractivity contribution is 0.960. The van der Waals surface area contributed by atoms with Crippen molar-refractivity contribution in [2.45, 2.75) is 6.92 Å². The molecule has 0 N–H and O–H groups in total. The molecule has 5 heteroatoms. The van der Waals surface area contributed by atoms with Gasteiger partial charge in [0.15, 0.2) is 11.5 Å². The van der Waals surface area contributed by atoms with Gasteiger partial charge in [-0.1, -0.05) is 6.07 Å². The number of aromatic nitrogens is 5. The Kier molecular flexibility index (Phi) is 2.57. The summed E-state index contributed by atoms with van der Waals surface area (Å²) in [7, 11) is 0. The summed E-state index contributed by atoms with van der Waals surface area (Å²) >= 11 is 0. The van der Waals surface area contributed by atoms with Crippen LogP contribution in [-0.2, 0) is 0 Å². The zero-order valence-corrected chi connectivity index (χ0v) is 11.5. The summed E-state index contributed by atoms with van der Waals surface area (Å²) in [5.74, 6) is 0.737. The molecule has 5 nitrogen and oxygen atoms in total. The van der Waals surface area contributed by atoms with Gasteiger partial charge in [0, 0.05) is 29.8 Å². The first-order valence-corrected chi connectivity index (χ1v) is 6.72. The lowest BCUT2D eigenvalue weighted by Gasteiger charge is -2.02. The molecular weight excluding hydrogens is 262 g/mol. The molecule has 0 amide bonds. The number of benzene rings is 1. The first kappa shape index (κ1) is 11.8. The lowest BCUT2D eigenvalue weighted by atomic mass is 10.2. The van der Waals surface area contributed by atoms with Gasteiger partial charge in [-0.3, -0.25) is 0 Å². The number of imidazole rings is 1. The van der Waals surface area contributed by atoms with Gasteiger partial charge in [-0.2, -0.15) is 0 Å². The molecule has 0 fully saturated rings. The topological polar surface area (TPSA) is 48.0 Å². The van der Waals surface area contributed by atoms with Gasteiger partial charge in [0.05, 0.1) is 6.33 Å². The molecule has 102 valence electrons. The highest BCUT2D eigenvalue weighted by Gasteiger charge is 2.07. The van der Waals surface area contributed by atoms with Crippen LogP contribution >= 0.6 is 0 Å². The number of fused-ring (bicyclic) bond motifs is 1. The second kappa shape index (κ2) is 4.56. The Labute approximate surface area is 121 Å². The summed E-state index contributed by atoms with van der Waals surface area (Å²) in [6.45, 7) is 2.04. The third-order valence-electron chi connectivity index (χ3n) is 3.49. The van der Waals surface area contributed by atoms with Crippen molar-refractivity contribution in [3.8, 4) is 17.1 Å². The summed E-state index contributed by atoms with van der Waals surface area (Å²) in [5.41, 5.74) is 4.08. The Hall–Kier alpha value is -2.95. The highest BCUT2D eigenvalue weighted by atomic mass is 15.3. The van der Waals surface area contributed by atoms with E-state index in [4.69, 9.17) is 0 Å². The quantitative estimate of drug-likeness (QED) is 0.565. The van der Waals surface area contributed by atoms with E-state index in [1.54, 1.807) is 12.5 Å². The van der Waals surface area contributed by atoms with E-state index < -0.39 is 0 Å². The van der Waals surface area contributed by atoms with Crippen molar-refractivity contribution in [3.63, 3.8) is 0 Å². The number of aryl methyl sites for hydroxylation is 1. The van der Waals surface area contributed by atoms with E-state index in [0.717, 1.165) is 28.3 Å². The normalized spacial score (nSPS) is 11.1. The minimum atomic E-state index is 0.737. The first-order chi connectivity index (χ1) is 10.3. The molecular formula is C16H13N5. The van der Waals surface area contributed by atoms with Gasteiger partial charge < -0.3 is 4.57 Å². The summed E-state index contributed by atoms with van der Waals surface area (Å²) in [6.07, 6.45) is 7.38. The molecule has 4 aromatic rings. The van der Waals surface area contributed by atoms with Crippen LogP contribution in [0.25, 0.3) is 22.7 Å². The predicted octanol–water partition coefficient (Wildman–Crippen LogP) is 2.89. The van der Waals surface area contributed by atoms with Gasteiger partial charge in [-0.25, -0.2) is 14.5 Å². The molecule has 21 heavy (non-hydrogen) atoms. The maximum Gasteiger partial charge on any atom is 0.182 e. The lowest BCUT2D eigenvalue weighted by Crippen LogP contribution is -1.90.